The first-order valence-corrected chi connectivity index (χ1v) is 18.7. The molecule has 266 valence electrons. The Bertz CT molecular complexity index is 2810. The van der Waals surface area contributed by atoms with Gasteiger partial charge in [-0.3, -0.25) is 0 Å². The van der Waals surface area contributed by atoms with Gasteiger partial charge in [0.2, 0.25) is 0 Å². The summed E-state index contributed by atoms with van der Waals surface area (Å²) in [5.41, 5.74) is 17.9. The second-order valence-corrected chi connectivity index (χ2v) is 14.0. The maximum absolute atomic E-state index is 5.09. The van der Waals surface area contributed by atoms with Crippen molar-refractivity contribution in [2.24, 2.45) is 0 Å². The van der Waals surface area contributed by atoms with E-state index >= 15 is 0 Å². The van der Waals surface area contributed by atoms with Gasteiger partial charge in [-0.25, -0.2) is 15.0 Å². The summed E-state index contributed by atoms with van der Waals surface area (Å²) in [6.45, 7) is 0. The molecule has 0 bridgehead atoms. The summed E-state index contributed by atoms with van der Waals surface area (Å²) in [5.74, 6) is 1.95. The van der Waals surface area contributed by atoms with Gasteiger partial charge >= 0.3 is 0 Å². The zero-order valence-electron chi connectivity index (χ0n) is 30.1. The number of fused-ring (bicyclic) bond motifs is 3. The molecule has 0 unspecified atom stereocenters. The van der Waals surface area contributed by atoms with Crippen LogP contribution in [0.2, 0.25) is 0 Å². The number of nitrogens with zero attached hydrogens (tertiary/aromatic N) is 3. The Morgan fingerprint density at radius 1 is 0.250 bits per heavy atom. The van der Waals surface area contributed by atoms with Crippen molar-refractivity contribution in [3.63, 3.8) is 0 Å². The molecular weight excluding hydrogens is 679 g/mol. The van der Waals surface area contributed by atoms with Gasteiger partial charge in [-0.1, -0.05) is 195 Å². The number of aromatic nitrogens is 3. The monoisotopic (exact) mass is 717 g/mol. The summed E-state index contributed by atoms with van der Waals surface area (Å²) in [6, 6.07) is 70.7. The van der Waals surface area contributed by atoms with E-state index in [0.29, 0.717) is 17.5 Å². The lowest BCUT2D eigenvalue weighted by atomic mass is 9.93. The van der Waals surface area contributed by atoms with Crippen molar-refractivity contribution in [3.05, 3.63) is 211 Å². The first-order chi connectivity index (χ1) is 27.2. The highest BCUT2D eigenvalue weighted by molar-refractivity contribution is 5.90. The molecule has 0 N–H and O–H groups in total. The molecule has 0 spiro atoms. The Hall–Kier alpha value is -7.23. The quantitative estimate of drug-likeness (QED) is 0.165. The molecule has 1 aliphatic rings. The molecular formula is C53H39N3. The van der Waals surface area contributed by atoms with E-state index in [0.717, 1.165) is 34.2 Å². The maximum atomic E-state index is 5.09. The van der Waals surface area contributed by atoms with Gasteiger partial charge in [-0.05, 0) is 85.3 Å². The van der Waals surface area contributed by atoms with Crippen molar-refractivity contribution >= 4 is 0 Å². The molecule has 1 aliphatic carbocycles. The van der Waals surface area contributed by atoms with E-state index in [1.807, 2.05) is 24.3 Å². The van der Waals surface area contributed by atoms with Gasteiger partial charge in [0.25, 0.3) is 0 Å². The molecule has 0 fully saturated rings. The highest BCUT2D eigenvalue weighted by atomic mass is 15.0. The second kappa shape index (κ2) is 14.9. The third-order valence-corrected chi connectivity index (χ3v) is 10.6. The van der Waals surface area contributed by atoms with Crippen LogP contribution in [0.5, 0.6) is 0 Å². The van der Waals surface area contributed by atoms with Gasteiger partial charge in [0.05, 0.1) is 0 Å². The molecule has 0 amide bonds. The van der Waals surface area contributed by atoms with Crippen molar-refractivity contribution in [1.29, 1.82) is 0 Å². The van der Waals surface area contributed by atoms with Gasteiger partial charge in [0, 0.05) is 16.7 Å². The molecule has 56 heavy (non-hydrogen) atoms. The topological polar surface area (TPSA) is 38.7 Å². The molecule has 1 aromatic heterocycles. The Balaban J connectivity index is 0.00000410. The predicted molar refractivity (Wildman–Crippen MR) is 233 cm³/mol. The van der Waals surface area contributed by atoms with Crippen LogP contribution < -0.4 is 0 Å². The highest BCUT2D eigenvalue weighted by Crippen LogP contribution is 2.46. The standard InChI is InChI=1S/C52H35N3.CH4/c1-4-14-35(15-5-1)37-28-30-39(31-29-37)51-53-50(38-18-8-3-9-19-38)54-52(55-51)43-23-11-22-42(33-43)45-25-13-27-47-46-26-12-24-44(48(46)34-49(45)47)41-21-10-20-40(32-41)36-16-6-2-7-17-36;/h1-33H,34H2;1H4. The molecule has 9 aromatic rings. The van der Waals surface area contributed by atoms with Crippen LogP contribution in [-0.2, 0) is 6.42 Å². The number of hydrogen-bond acceptors (Lipinski definition) is 3. The summed E-state index contributed by atoms with van der Waals surface area (Å²) in [5, 5.41) is 0. The minimum Gasteiger partial charge on any atom is -0.208 e. The Morgan fingerprint density at radius 2 is 0.571 bits per heavy atom. The summed E-state index contributed by atoms with van der Waals surface area (Å²) >= 11 is 0. The minimum absolute atomic E-state index is 0. The van der Waals surface area contributed by atoms with E-state index < -0.39 is 0 Å². The summed E-state index contributed by atoms with van der Waals surface area (Å²) in [6.07, 6.45) is 0.865. The average molecular weight is 718 g/mol. The molecule has 0 aliphatic heterocycles. The van der Waals surface area contributed by atoms with E-state index in [4.69, 9.17) is 15.0 Å². The molecule has 0 atom stereocenters. The Kier molecular flexibility index (Phi) is 9.18. The maximum Gasteiger partial charge on any atom is 0.164 e. The molecule has 0 saturated heterocycles. The highest BCUT2D eigenvalue weighted by Gasteiger charge is 2.25. The molecule has 3 nitrogen and oxygen atoms in total. The van der Waals surface area contributed by atoms with Crippen LogP contribution in [0.15, 0.2) is 200 Å². The predicted octanol–water partition coefficient (Wildman–Crippen LogP) is 13.7. The van der Waals surface area contributed by atoms with E-state index in [-0.39, 0.29) is 7.43 Å². The number of rotatable bonds is 7. The normalized spacial score (nSPS) is 11.4. The lowest BCUT2D eigenvalue weighted by molar-refractivity contribution is 1.07. The van der Waals surface area contributed by atoms with Gasteiger partial charge in [0.15, 0.2) is 17.5 Å². The van der Waals surface area contributed by atoms with E-state index in [1.54, 1.807) is 0 Å². The van der Waals surface area contributed by atoms with E-state index in [2.05, 4.69) is 176 Å². The Morgan fingerprint density at radius 3 is 1.11 bits per heavy atom. The fourth-order valence-electron chi connectivity index (χ4n) is 7.89. The van der Waals surface area contributed by atoms with Gasteiger partial charge in [-0.2, -0.15) is 0 Å². The first kappa shape index (κ1) is 34.5. The molecule has 1 heterocycles. The van der Waals surface area contributed by atoms with Crippen molar-refractivity contribution in [2.75, 3.05) is 0 Å². The van der Waals surface area contributed by atoms with Crippen molar-refractivity contribution in [2.45, 2.75) is 13.8 Å². The van der Waals surface area contributed by atoms with Crippen LogP contribution >= 0.6 is 0 Å². The minimum atomic E-state index is 0. The third-order valence-electron chi connectivity index (χ3n) is 10.6. The summed E-state index contributed by atoms with van der Waals surface area (Å²) < 4.78 is 0. The summed E-state index contributed by atoms with van der Waals surface area (Å²) in [7, 11) is 0. The average Bonchev–Trinajstić information content (AvgIpc) is 3.67. The van der Waals surface area contributed by atoms with Crippen molar-refractivity contribution in [1.82, 2.24) is 15.0 Å². The van der Waals surface area contributed by atoms with Gasteiger partial charge < -0.3 is 0 Å². The zero-order chi connectivity index (χ0) is 36.6. The van der Waals surface area contributed by atoms with E-state index in [9.17, 15) is 0 Å². The van der Waals surface area contributed by atoms with Gasteiger partial charge in [-0.15, -0.1) is 0 Å². The smallest absolute Gasteiger partial charge is 0.164 e. The number of benzene rings is 8. The second-order valence-electron chi connectivity index (χ2n) is 14.0. The third kappa shape index (κ3) is 6.50. The van der Waals surface area contributed by atoms with E-state index in [1.165, 1.54) is 55.6 Å². The summed E-state index contributed by atoms with van der Waals surface area (Å²) in [4.78, 5) is 15.1. The molecule has 0 radical (unpaired) electrons. The molecule has 0 saturated carbocycles. The molecule has 10 rings (SSSR count). The molecule has 8 aromatic carbocycles. The zero-order valence-corrected chi connectivity index (χ0v) is 30.1. The van der Waals surface area contributed by atoms with Crippen LogP contribution in [0.3, 0.4) is 0 Å². The Labute approximate surface area is 328 Å². The van der Waals surface area contributed by atoms with Gasteiger partial charge in [0.1, 0.15) is 0 Å². The largest absolute Gasteiger partial charge is 0.208 e. The number of hydrogen-bond donors (Lipinski definition) is 0. The van der Waals surface area contributed by atoms with Crippen LogP contribution in [0.25, 0.3) is 89.8 Å². The van der Waals surface area contributed by atoms with Crippen LogP contribution in [0.1, 0.15) is 18.6 Å². The fourth-order valence-corrected chi connectivity index (χ4v) is 7.89. The first-order valence-electron chi connectivity index (χ1n) is 18.7. The lowest BCUT2D eigenvalue weighted by Crippen LogP contribution is -2.00. The lowest BCUT2D eigenvalue weighted by Gasteiger charge is -2.12. The van der Waals surface area contributed by atoms with Crippen molar-refractivity contribution in [3.8, 4) is 89.8 Å². The fraction of sp³-hybridized carbons (Fsp3) is 0.0377. The van der Waals surface area contributed by atoms with Crippen molar-refractivity contribution < 1.29 is 0 Å². The van der Waals surface area contributed by atoms with Crippen LogP contribution in [0.4, 0.5) is 0 Å². The SMILES string of the molecule is C.c1ccc(-c2ccc(-c3nc(-c4ccccc4)nc(-c4cccc(-c5cccc6c5Cc5c(-c7cccc(-c8ccccc8)c7)cccc5-6)c4)n3)cc2)cc1. The van der Waals surface area contributed by atoms with Crippen LogP contribution in [0, 0.1) is 0 Å². The van der Waals surface area contributed by atoms with Crippen LogP contribution in [-0.4, -0.2) is 15.0 Å². The molecule has 3 heteroatoms.